The molecule has 2 heteroatoms. The van der Waals surface area contributed by atoms with Gasteiger partial charge in [0, 0.05) is 5.57 Å². The Morgan fingerprint density at radius 2 is 1.74 bits per heavy atom. The van der Waals surface area contributed by atoms with E-state index in [9.17, 15) is 4.79 Å². The Morgan fingerprint density at radius 3 is 2.37 bits per heavy atom. The van der Waals surface area contributed by atoms with Crippen molar-refractivity contribution in [2.24, 2.45) is 5.92 Å². The smallest absolute Gasteiger partial charge is 0.333 e. The second kappa shape index (κ2) is 12.0. The van der Waals surface area contributed by atoms with Crippen LogP contribution in [0.4, 0.5) is 0 Å². The van der Waals surface area contributed by atoms with Crippen LogP contribution in [-0.2, 0) is 16.0 Å². The van der Waals surface area contributed by atoms with Crippen molar-refractivity contribution in [3.05, 3.63) is 47.5 Å². The fraction of sp³-hybridized carbons (Fsp3) is 0.640. The van der Waals surface area contributed by atoms with Crippen molar-refractivity contribution in [2.75, 3.05) is 6.61 Å². The van der Waals surface area contributed by atoms with E-state index in [1.54, 1.807) is 12.5 Å². The molecule has 0 unspecified atom stereocenters. The van der Waals surface area contributed by atoms with Gasteiger partial charge in [-0.1, -0.05) is 57.0 Å². The highest BCUT2D eigenvalue weighted by Crippen LogP contribution is 2.37. The Morgan fingerprint density at radius 1 is 1.04 bits per heavy atom. The lowest BCUT2D eigenvalue weighted by Crippen LogP contribution is -2.14. The second-order valence-corrected chi connectivity index (χ2v) is 8.33. The maximum Gasteiger partial charge on any atom is 0.333 e. The van der Waals surface area contributed by atoms with E-state index in [1.165, 1.54) is 63.4 Å². The molecule has 1 aliphatic rings. The molecule has 0 amide bonds. The summed E-state index contributed by atoms with van der Waals surface area (Å²) in [5.74, 6) is 1.35. The van der Waals surface area contributed by atoms with Gasteiger partial charge in [-0.15, -0.1) is 0 Å². The fourth-order valence-corrected chi connectivity index (χ4v) is 4.14. The largest absolute Gasteiger partial charge is 0.462 e. The van der Waals surface area contributed by atoms with Gasteiger partial charge in [0.05, 0.1) is 6.61 Å². The average molecular weight is 371 g/mol. The van der Waals surface area contributed by atoms with Crippen LogP contribution in [0.1, 0.15) is 95.1 Å². The first-order valence-corrected chi connectivity index (χ1v) is 11.0. The molecule has 0 bridgehead atoms. The van der Waals surface area contributed by atoms with Crippen molar-refractivity contribution in [3.8, 4) is 0 Å². The van der Waals surface area contributed by atoms with E-state index in [2.05, 4.69) is 37.8 Å². The minimum absolute atomic E-state index is 0.258. The molecule has 0 atom stereocenters. The lowest BCUT2D eigenvalue weighted by atomic mass is 9.77. The van der Waals surface area contributed by atoms with Gasteiger partial charge < -0.3 is 4.74 Å². The highest BCUT2D eigenvalue weighted by atomic mass is 16.5. The molecule has 150 valence electrons. The van der Waals surface area contributed by atoms with Crippen LogP contribution in [0.2, 0.25) is 0 Å². The summed E-state index contributed by atoms with van der Waals surface area (Å²) in [6.07, 6.45) is 13.9. The molecule has 0 spiro atoms. The molecule has 2 rings (SSSR count). The van der Waals surface area contributed by atoms with Crippen molar-refractivity contribution in [1.82, 2.24) is 0 Å². The number of aryl methyl sites for hydroxylation is 1. The number of esters is 1. The zero-order valence-corrected chi connectivity index (χ0v) is 17.5. The number of hydrogen-bond acceptors (Lipinski definition) is 2. The minimum atomic E-state index is -0.258. The minimum Gasteiger partial charge on any atom is -0.462 e. The maximum absolute atomic E-state index is 11.3. The molecule has 0 radical (unpaired) electrons. The highest BCUT2D eigenvalue weighted by Gasteiger charge is 2.22. The predicted octanol–water partition coefficient (Wildman–Crippen LogP) is 6.98. The summed E-state index contributed by atoms with van der Waals surface area (Å²) in [6, 6.07) is 9.46. The van der Waals surface area contributed by atoms with Gasteiger partial charge >= 0.3 is 5.97 Å². The summed E-state index contributed by atoms with van der Waals surface area (Å²) >= 11 is 0. The number of hydrogen-bond donors (Lipinski definition) is 0. The van der Waals surface area contributed by atoms with Crippen LogP contribution in [0, 0.1) is 5.92 Å². The summed E-state index contributed by atoms with van der Waals surface area (Å²) in [4.78, 5) is 11.3. The zero-order valence-electron chi connectivity index (χ0n) is 17.5. The van der Waals surface area contributed by atoms with Crippen LogP contribution in [0.3, 0.4) is 0 Å². The molecule has 0 aliphatic heterocycles. The zero-order chi connectivity index (χ0) is 19.5. The first-order valence-electron chi connectivity index (χ1n) is 11.0. The van der Waals surface area contributed by atoms with Crippen molar-refractivity contribution in [1.29, 1.82) is 0 Å². The number of unbranched alkanes of at least 4 members (excludes halogenated alkanes) is 3. The fourth-order valence-electron chi connectivity index (χ4n) is 4.14. The van der Waals surface area contributed by atoms with Crippen molar-refractivity contribution in [3.63, 3.8) is 0 Å². The normalized spacial score (nSPS) is 19.6. The summed E-state index contributed by atoms with van der Waals surface area (Å²) < 4.78 is 5.17. The molecule has 1 saturated carbocycles. The summed E-state index contributed by atoms with van der Waals surface area (Å²) in [5, 5.41) is 0. The second-order valence-electron chi connectivity index (χ2n) is 8.33. The van der Waals surface area contributed by atoms with E-state index in [1.807, 2.05) is 0 Å². The molecule has 0 N–H and O–H groups in total. The van der Waals surface area contributed by atoms with Crippen LogP contribution in [0.15, 0.2) is 36.4 Å². The van der Waals surface area contributed by atoms with Crippen molar-refractivity contribution >= 4 is 5.97 Å². The molecule has 1 aromatic carbocycles. The third-order valence-corrected chi connectivity index (χ3v) is 5.96. The van der Waals surface area contributed by atoms with Crippen LogP contribution >= 0.6 is 0 Å². The summed E-state index contributed by atoms with van der Waals surface area (Å²) in [7, 11) is 0. The van der Waals surface area contributed by atoms with E-state index in [0.29, 0.717) is 12.2 Å². The topological polar surface area (TPSA) is 26.3 Å². The summed E-state index contributed by atoms with van der Waals surface area (Å²) in [5.41, 5.74) is 3.52. The highest BCUT2D eigenvalue weighted by molar-refractivity contribution is 5.86. The van der Waals surface area contributed by atoms with Gasteiger partial charge in [-0.2, -0.15) is 0 Å². The first-order chi connectivity index (χ1) is 13.1. The molecule has 27 heavy (non-hydrogen) atoms. The number of carbonyl (C=O) groups is 1. The quantitative estimate of drug-likeness (QED) is 0.238. The Bertz CT molecular complexity index is 564. The lowest BCUT2D eigenvalue weighted by molar-refractivity contribution is -0.139. The van der Waals surface area contributed by atoms with Crippen molar-refractivity contribution < 1.29 is 9.53 Å². The Kier molecular flexibility index (Phi) is 9.66. The Hall–Kier alpha value is -1.57. The SMILES string of the molecule is C=C(C)C(=O)OCCCCC1CCC(c2ccc(CCCCC)cc2)CC1. The number of benzene rings is 1. The van der Waals surface area contributed by atoms with Crippen LogP contribution in [0.5, 0.6) is 0 Å². The van der Waals surface area contributed by atoms with Crippen LogP contribution in [-0.4, -0.2) is 12.6 Å². The van der Waals surface area contributed by atoms with Gasteiger partial charge in [-0.3, -0.25) is 0 Å². The average Bonchev–Trinajstić information content (AvgIpc) is 2.69. The monoisotopic (exact) mass is 370 g/mol. The molecule has 1 fully saturated rings. The van der Waals surface area contributed by atoms with E-state index in [4.69, 9.17) is 4.74 Å². The molecule has 0 aromatic heterocycles. The van der Waals surface area contributed by atoms with E-state index >= 15 is 0 Å². The Balaban J connectivity index is 1.62. The van der Waals surface area contributed by atoms with Gasteiger partial charge in [0.1, 0.15) is 0 Å². The maximum atomic E-state index is 11.3. The number of rotatable bonds is 11. The third-order valence-electron chi connectivity index (χ3n) is 5.96. The standard InChI is InChI=1S/C25H38O2/c1-4-5-6-9-21-11-15-23(16-12-21)24-17-13-22(14-18-24)10-7-8-19-27-25(26)20(2)3/h11-12,15-16,22,24H,2,4-10,13-14,17-19H2,1,3H3. The number of carbonyl (C=O) groups excluding carboxylic acids is 1. The number of ether oxygens (including phenoxy) is 1. The third kappa shape index (κ3) is 7.91. The Labute approximate surface area is 166 Å². The van der Waals surface area contributed by atoms with Gasteiger partial charge in [0.2, 0.25) is 0 Å². The molecular weight excluding hydrogens is 332 g/mol. The van der Waals surface area contributed by atoms with Gasteiger partial charge in [-0.05, 0) is 81.3 Å². The van der Waals surface area contributed by atoms with E-state index in [-0.39, 0.29) is 5.97 Å². The van der Waals surface area contributed by atoms with Gasteiger partial charge in [-0.25, -0.2) is 4.79 Å². The van der Waals surface area contributed by atoms with Gasteiger partial charge in [0.25, 0.3) is 0 Å². The van der Waals surface area contributed by atoms with Crippen LogP contribution < -0.4 is 0 Å². The molecule has 0 saturated heterocycles. The predicted molar refractivity (Wildman–Crippen MR) is 114 cm³/mol. The first kappa shape index (κ1) is 21.7. The van der Waals surface area contributed by atoms with E-state index in [0.717, 1.165) is 24.7 Å². The van der Waals surface area contributed by atoms with Crippen molar-refractivity contribution in [2.45, 2.75) is 90.4 Å². The molecule has 2 nitrogen and oxygen atoms in total. The van der Waals surface area contributed by atoms with E-state index < -0.39 is 0 Å². The molecular formula is C25H38O2. The lowest BCUT2D eigenvalue weighted by Gasteiger charge is -2.29. The molecule has 1 aromatic rings. The van der Waals surface area contributed by atoms with Crippen LogP contribution in [0.25, 0.3) is 0 Å². The summed E-state index contributed by atoms with van der Waals surface area (Å²) in [6.45, 7) is 8.10. The van der Waals surface area contributed by atoms with Gasteiger partial charge in [0.15, 0.2) is 0 Å². The molecule has 1 aliphatic carbocycles. The molecule has 0 heterocycles.